The molecule has 0 saturated carbocycles. The molecule has 1 atom stereocenters. The van der Waals surface area contributed by atoms with Crippen molar-refractivity contribution in [3.05, 3.63) is 34.9 Å². The molecule has 1 unspecified atom stereocenters. The lowest BCUT2D eigenvalue weighted by atomic mass is 9.88. The Balaban J connectivity index is 1.75. The maximum atomic E-state index is 12.5. The van der Waals surface area contributed by atoms with Gasteiger partial charge in [-0.25, -0.2) is 0 Å². The van der Waals surface area contributed by atoms with Gasteiger partial charge >= 0.3 is 0 Å². The van der Waals surface area contributed by atoms with Gasteiger partial charge in [-0.05, 0) is 62.4 Å². The summed E-state index contributed by atoms with van der Waals surface area (Å²) >= 11 is 0. The number of amides is 1. The third kappa shape index (κ3) is 3.44. The third-order valence-electron chi connectivity index (χ3n) is 4.58. The molecule has 21 heavy (non-hydrogen) atoms. The number of carbonyl (C=O) groups is 1. The largest absolute Gasteiger partial charge is 0.379 e. The van der Waals surface area contributed by atoms with Crippen LogP contribution in [0.4, 0.5) is 0 Å². The van der Waals surface area contributed by atoms with Gasteiger partial charge in [-0.1, -0.05) is 12.1 Å². The number of piperidine rings is 1. The SMILES string of the molecule is Cc1ccc(C2CCNCC2)cc1C(=O)NC1CCOC1. The molecule has 4 nitrogen and oxygen atoms in total. The second-order valence-corrected chi connectivity index (χ2v) is 6.13. The van der Waals surface area contributed by atoms with Crippen molar-refractivity contribution in [3.8, 4) is 0 Å². The molecule has 0 spiro atoms. The van der Waals surface area contributed by atoms with Crippen LogP contribution in [0.2, 0.25) is 0 Å². The number of rotatable bonds is 3. The van der Waals surface area contributed by atoms with Gasteiger partial charge in [0, 0.05) is 12.2 Å². The van der Waals surface area contributed by atoms with Gasteiger partial charge in [0.25, 0.3) is 5.91 Å². The number of ether oxygens (including phenoxy) is 1. The first-order valence-corrected chi connectivity index (χ1v) is 7.94. The Kier molecular flexibility index (Phi) is 4.56. The molecule has 0 aliphatic carbocycles. The number of aryl methyl sites for hydroxylation is 1. The van der Waals surface area contributed by atoms with Crippen LogP contribution in [0.25, 0.3) is 0 Å². The minimum atomic E-state index is 0.0405. The molecule has 0 aromatic heterocycles. The number of benzene rings is 1. The average molecular weight is 288 g/mol. The summed E-state index contributed by atoms with van der Waals surface area (Å²) < 4.78 is 5.32. The van der Waals surface area contributed by atoms with Gasteiger partial charge in [0.1, 0.15) is 0 Å². The molecule has 114 valence electrons. The summed E-state index contributed by atoms with van der Waals surface area (Å²) in [7, 11) is 0. The molecule has 1 aromatic rings. The summed E-state index contributed by atoms with van der Waals surface area (Å²) in [6, 6.07) is 6.52. The zero-order valence-corrected chi connectivity index (χ0v) is 12.7. The fourth-order valence-electron chi connectivity index (χ4n) is 3.20. The van der Waals surface area contributed by atoms with E-state index in [4.69, 9.17) is 4.74 Å². The van der Waals surface area contributed by atoms with Crippen LogP contribution in [-0.2, 0) is 4.74 Å². The topological polar surface area (TPSA) is 50.4 Å². The van der Waals surface area contributed by atoms with Gasteiger partial charge < -0.3 is 15.4 Å². The maximum Gasteiger partial charge on any atom is 0.251 e. The molecule has 2 aliphatic heterocycles. The summed E-state index contributed by atoms with van der Waals surface area (Å²) in [6.07, 6.45) is 3.22. The predicted molar refractivity (Wildman–Crippen MR) is 82.7 cm³/mol. The Labute approximate surface area is 126 Å². The molecule has 1 aromatic carbocycles. The second-order valence-electron chi connectivity index (χ2n) is 6.13. The maximum absolute atomic E-state index is 12.5. The molecule has 2 fully saturated rings. The fraction of sp³-hybridized carbons (Fsp3) is 0.588. The van der Waals surface area contributed by atoms with E-state index >= 15 is 0 Å². The second kappa shape index (κ2) is 6.58. The van der Waals surface area contributed by atoms with Crippen LogP contribution in [0.5, 0.6) is 0 Å². The molecule has 0 radical (unpaired) electrons. The zero-order chi connectivity index (χ0) is 14.7. The number of hydrogen-bond donors (Lipinski definition) is 2. The highest BCUT2D eigenvalue weighted by atomic mass is 16.5. The monoisotopic (exact) mass is 288 g/mol. The quantitative estimate of drug-likeness (QED) is 0.894. The predicted octanol–water partition coefficient (Wildman–Crippen LogP) is 1.98. The van der Waals surface area contributed by atoms with Gasteiger partial charge in [0.2, 0.25) is 0 Å². The van der Waals surface area contributed by atoms with Crippen LogP contribution in [-0.4, -0.2) is 38.3 Å². The summed E-state index contributed by atoms with van der Waals surface area (Å²) in [5, 5.41) is 6.48. The van der Waals surface area contributed by atoms with E-state index in [0.717, 1.165) is 50.1 Å². The van der Waals surface area contributed by atoms with E-state index in [1.165, 1.54) is 5.56 Å². The van der Waals surface area contributed by atoms with Crippen molar-refractivity contribution in [1.29, 1.82) is 0 Å². The molecular weight excluding hydrogens is 264 g/mol. The molecular formula is C17H24N2O2. The van der Waals surface area contributed by atoms with Crippen molar-refractivity contribution >= 4 is 5.91 Å². The Hall–Kier alpha value is -1.39. The van der Waals surface area contributed by atoms with Gasteiger partial charge in [0.15, 0.2) is 0 Å². The lowest BCUT2D eigenvalue weighted by molar-refractivity contribution is 0.0929. The van der Waals surface area contributed by atoms with Crippen LogP contribution < -0.4 is 10.6 Å². The Bertz CT molecular complexity index is 504. The smallest absolute Gasteiger partial charge is 0.251 e. The normalized spacial score (nSPS) is 23.2. The Morgan fingerprint density at radius 1 is 1.29 bits per heavy atom. The van der Waals surface area contributed by atoms with E-state index in [1.807, 2.05) is 6.92 Å². The molecule has 2 heterocycles. The van der Waals surface area contributed by atoms with E-state index in [2.05, 4.69) is 28.8 Å². The number of carbonyl (C=O) groups excluding carboxylic acids is 1. The standard InChI is InChI=1S/C17H24N2O2/c1-12-2-3-14(13-4-7-18-8-5-13)10-16(12)17(20)19-15-6-9-21-11-15/h2-3,10,13,15,18H,4-9,11H2,1H3,(H,19,20). The molecule has 2 aliphatic rings. The van der Waals surface area contributed by atoms with Crippen molar-refractivity contribution in [2.24, 2.45) is 0 Å². The summed E-state index contributed by atoms with van der Waals surface area (Å²) in [4.78, 5) is 12.5. The van der Waals surface area contributed by atoms with Gasteiger partial charge in [-0.3, -0.25) is 4.79 Å². The molecule has 3 rings (SSSR count). The Morgan fingerprint density at radius 3 is 2.81 bits per heavy atom. The summed E-state index contributed by atoms with van der Waals surface area (Å²) in [5.41, 5.74) is 3.16. The van der Waals surface area contributed by atoms with E-state index in [9.17, 15) is 4.79 Å². The van der Waals surface area contributed by atoms with Crippen molar-refractivity contribution < 1.29 is 9.53 Å². The van der Waals surface area contributed by atoms with Crippen molar-refractivity contribution in [2.75, 3.05) is 26.3 Å². The van der Waals surface area contributed by atoms with Crippen LogP contribution >= 0.6 is 0 Å². The van der Waals surface area contributed by atoms with Gasteiger partial charge in [-0.2, -0.15) is 0 Å². The van der Waals surface area contributed by atoms with Crippen molar-refractivity contribution in [3.63, 3.8) is 0 Å². The van der Waals surface area contributed by atoms with E-state index in [0.29, 0.717) is 12.5 Å². The lowest BCUT2D eigenvalue weighted by Crippen LogP contribution is -2.35. The molecule has 4 heteroatoms. The van der Waals surface area contributed by atoms with Crippen LogP contribution in [0.15, 0.2) is 18.2 Å². The first kappa shape index (κ1) is 14.5. The third-order valence-corrected chi connectivity index (χ3v) is 4.58. The highest BCUT2D eigenvalue weighted by Gasteiger charge is 2.21. The molecule has 2 N–H and O–H groups in total. The lowest BCUT2D eigenvalue weighted by Gasteiger charge is -2.24. The van der Waals surface area contributed by atoms with Crippen LogP contribution in [0.1, 0.15) is 46.7 Å². The molecule has 1 amide bonds. The minimum absolute atomic E-state index is 0.0405. The first-order chi connectivity index (χ1) is 10.2. The van der Waals surface area contributed by atoms with E-state index in [1.54, 1.807) is 0 Å². The minimum Gasteiger partial charge on any atom is -0.379 e. The van der Waals surface area contributed by atoms with Gasteiger partial charge in [0.05, 0.1) is 12.6 Å². The summed E-state index contributed by atoms with van der Waals surface area (Å²) in [6.45, 7) is 5.53. The highest BCUT2D eigenvalue weighted by molar-refractivity contribution is 5.96. The number of nitrogens with one attached hydrogen (secondary N) is 2. The molecule has 2 saturated heterocycles. The van der Waals surface area contributed by atoms with Crippen molar-refractivity contribution in [1.82, 2.24) is 10.6 Å². The van der Waals surface area contributed by atoms with Crippen LogP contribution in [0.3, 0.4) is 0 Å². The summed E-state index contributed by atoms with van der Waals surface area (Å²) in [5.74, 6) is 0.618. The number of hydrogen-bond acceptors (Lipinski definition) is 3. The molecule has 0 bridgehead atoms. The highest BCUT2D eigenvalue weighted by Crippen LogP contribution is 2.27. The average Bonchev–Trinajstić information content (AvgIpc) is 3.01. The fourth-order valence-corrected chi connectivity index (χ4v) is 3.20. The van der Waals surface area contributed by atoms with Crippen LogP contribution in [0, 0.1) is 6.92 Å². The van der Waals surface area contributed by atoms with Crippen molar-refractivity contribution in [2.45, 2.75) is 38.1 Å². The zero-order valence-electron chi connectivity index (χ0n) is 12.7. The van der Waals surface area contributed by atoms with E-state index < -0.39 is 0 Å². The first-order valence-electron chi connectivity index (χ1n) is 7.94. The van der Waals surface area contributed by atoms with E-state index in [-0.39, 0.29) is 11.9 Å². The van der Waals surface area contributed by atoms with Gasteiger partial charge in [-0.15, -0.1) is 0 Å². The Morgan fingerprint density at radius 2 is 2.10 bits per heavy atom.